The molecule has 4 rings (SSSR count). The van der Waals surface area contributed by atoms with Crippen LogP contribution in [0.3, 0.4) is 0 Å². The molecule has 0 aliphatic carbocycles. The number of halogens is 6. The van der Waals surface area contributed by atoms with Crippen molar-refractivity contribution < 1.29 is 55.7 Å². The summed E-state index contributed by atoms with van der Waals surface area (Å²) in [6.07, 6.45) is 0.116. The zero-order valence-electron chi connectivity index (χ0n) is 26.9. The smallest absolute Gasteiger partial charge is 0.475 e. The Hall–Kier alpha value is -4.54. The monoisotopic (exact) mass is 703 g/mol. The molecule has 4 N–H and O–H groups in total. The van der Waals surface area contributed by atoms with Gasteiger partial charge < -0.3 is 25.4 Å². The number of pyridine rings is 1. The maximum Gasteiger partial charge on any atom is 0.490 e. The molecular formula is C32H39F6N5O6. The molecule has 1 atom stereocenters. The van der Waals surface area contributed by atoms with Crippen LogP contribution in [0, 0.1) is 5.92 Å². The number of H-pyrrole nitrogens is 1. The van der Waals surface area contributed by atoms with E-state index < -0.39 is 24.3 Å². The highest BCUT2D eigenvalue weighted by Crippen LogP contribution is 2.25. The van der Waals surface area contributed by atoms with E-state index in [2.05, 4.69) is 44.3 Å². The number of ketones is 1. The van der Waals surface area contributed by atoms with Crippen molar-refractivity contribution in [2.75, 3.05) is 20.1 Å². The first-order valence-electron chi connectivity index (χ1n) is 15.4. The summed E-state index contributed by atoms with van der Waals surface area (Å²) < 4.78 is 63.5. The average molecular weight is 704 g/mol. The minimum absolute atomic E-state index is 0.0486. The van der Waals surface area contributed by atoms with Gasteiger partial charge in [-0.2, -0.15) is 26.3 Å². The van der Waals surface area contributed by atoms with Gasteiger partial charge in [0.25, 0.3) is 0 Å². The summed E-state index contributed by atoms with van der Waals surface area (Å²) in [5.41, 5.74) is 1.68. The molecule has 2 aromatic heterocycles. The van der Waals surface area contributed by atoms with Crippen LogP contribution in [0.25, 0.3) is 22.2 Å². The third-order valence-electron chi connectivity index (χ3n) is 7.57. The fraction of sp³-hybridized carbons (Fsp3) is 0.500. The van der Waals surface area contributed by atoms with Crippen LogP contribution in [-0.4, -0.2) is 86.2 Å². The molecule has 1 amide bonds. The van der Waals surface area contributed by atoms with Crippen molar-refractivity contribution in [3.63, 3.8) is 0 Å². The van der Waals surface area contributed by atoms with Crippen molar-refractivity contribution in [3.05, 3.63) is 48.5 Å². The highest BCUT2D eigenvalue weighted by atomic mass is 19.4. The number of aromatic nitrogens is 3. The lowest BCUT2D eigenvalue weighted by Crippen LogP contribution is -2.40. The van der Waals surface area contributed by atoms with E-state index in [-0.39, 0.29) is 17.9 Å². The lowest BCUT2D eigenvalue weighted by Gasteiger charge is -2.29. The summed E-state index contributed by atoms with van der Waals surface area (Å²) in [4.78, 5) is 57.5. The maximum atomic E-state index is 13.1. The average Bonchev–Trinajstić information content (AvgIpc) is 3.54. The normalized spacial score (nSPS) is 14.5. The quantitative estimate of drug-likeness (QED) is 0.132. The third kappa shape index (κ3) is 14.2. The van der Waals surface area contributed by atoms with E-state index >= 15 is 0 Å². The number of rotatable bonds is 11. The first-order valence-corrected chi connectivity index (χ1v) is 15.4. The van der Waals surface area contributed by atoms with Gasteiger partial charge in [0, 0.05) is 30.3 Å². The van der Waals surface area contributed by atoms with Gasteiger partial charge in [-0.25, -0.2) is 14.6 Å². The van der Waals surface area contributed by atoms with Crippen molar-refractivity contribution in [3.8, 4) is 11.4 Å². The number of alkyl halides is 6. The highest BCUT2D eigenvalue weighted by Gasteiger charge is 2.39. The molecule has 0 saturated carbocycles. The van der Waals surface area contributed by atoms with Crippen LogP contribution in [-0.2, 0) is 19.2 Å². The molecule has 0 spiro atoms. The number of unbranched alkanes of at least 4 members (excludes halogenated alkanes) is 2. The largest absolute Gasteiger partial charge is 0.490 e. The van der Waals surface area contributed by atoms with Crippen LogP contribution in [0.1, 0.15) is 70.2 Å². The van der Waals surface area contributed by atoms with E-state index in [0.29, 0.717) is 18.6 Å². The third-order valence-corrected chi connectivity index (χ3v) is 7.57. The molecule has 17 heteroatoms. The summed E-state index contributed by atoms with van der Waals surface area (Å²) >= 11 is 0. The number of imidazole rings is 1. The van der Waals surface area contributed by atoms with Gasteiger partial charge in [-0.1, -0.05) is 44.0 Å². The predicted molar refractivity (Wildman–Crippen MR) is 166 cm³/mol. The number of hydrogen-bond acceptors (Lipinski definition) is 7. The van der Waals surface area contributed by atoms with Crippen LogP contribution < -0.4 is 5.32 Å². The molecule has 0 radical (unpaired) electrons. The van der Waals surface area contributed by atoms with Crippen molar-refractivity contribution in [1.29, 1.82) is 0 Å². The zero-order chi connectivity index (χ0) is 36.8. The number of hydrogen-bond donors (Lipinski definition) is 4. The number of amides is 1. The number of Topliss-reactive ketones (excluding diaryl/α,β-unsaturated/α-hetero) is 1. The Balaban J connectivity index is 0.000000500. The van der Waals surface area contributed by atoms with Gasteiger partial charge in [0.15, 0.2) is 0 Å². The summed E-state index contributed by atoms with van der Waals surface area (Å²) in [6, 6.07) is 10.0. The topological polar surface area (TPSA) is 166 Å². The number of carbonyl (C=O) groups is 4. The van der Waals surface area contributed by atoms with Gasteiger partial charge in [-0.3, -0.25) is 14.6 Å². The van der Waals surface area contributed by atoms with E-state index in [0.717, 1.165) is 79.6 Å². The molecule has 3 heterocycles. The number of nitrogens with one attached hydrogen (secondary N) is 2. The Bertz CT molecular complexity index is 1510. The van der Waals surface area contributed by atoms with E-state index in [4.69, 9.17) is 19.8 Å². The summed E-state index contributed by atoms with van der Waals surface area (Å²) in [5.74, 6) is -4.27. The second kappa shape index (κ2) is 18.9. The Morgan fingerprint density at radius 2 is 1.49 bits per heavy atom. The van der Waals surface area contributed by atoms with Crippen LogP contribution in [0.5, 0.6) is 0 Å². The first-order chi connectivity index (χ1) is 22.9. The second-order valence-corrected chi connectivity index (χ2v) is 11.3. The molecule has 1 fully saturated rings. The van der Waals surface area contributed by atoms with E-state index in [1.165, 1.54) is 0 Å². The maximum absolute atomic E-state index is 13.1. The Morgan fingerprint density at radius 1 is 0.918 bits per heavy atom. The number of fused-ring (bicyclic) bond motifs is 1. The molecule has 49 heavy (non-hydrogen) atoms. The number of benzene rings is 1. The van der Waals surface area contributed by atoms with Gasteiger partial charge in [0.1, 0.15) is 11.6 Å². The second-order valence-electron chi connectivity index (χ2n) is 11.3. The number of aromatic amines is 1. The fourth-order valence-electron chi connectivity index (χ4n) is 4.74. The van der Waals surface area contributed by atoms with E-state index in [1.54, 1.807) is 6.20 Å². The minimum Gasteiger partial charge on any atom is -0.475 e. The van der Waals surface area contributed by atoms with Gasteiger partial charge in [-0.15, -0.1) is 0 Å². The molecule has 1 aromatic carbocycles. The van der Waals surface area contributed by atoms with E-state index in [1.807, 2.05) is 31.3 Å². The Kier molecular flexibility index (Phi) is 15.6. The number of carboxylic acid groups (broad SMARTS) is 2. The number of carboxylic acids is 2. The lowest BCUT2D eigenvalue weighted by atomic mass is 9.95. The lowest BCUT2D eigenvalue weighted by molar-refractivity contribution is -0.193. The van der Waals surface area contributed by atoms with Crippen molar-refractivity contribution in [2.45, 2.75) is 76.7 Å². The fourth-order valence-corrected chi connectivity index (χ4v) is 4.74. The summed E-state index contributed by atoms with van der Waals surface area (Å²) in [7, 11) is 2.10. The first kappa shape index (κ1) is 40.6. The van der Waals surface area contributed by atoms with E-state index in [9.17, 15) is 35.9 Å². The standard InChI is InChI=1S/C28H37N5O2.2C2HF3O2/c1-3-23(34)11-5-4-6-12-24(32-28(35)20-13-15-33(2)16-14-20)27-30-19-26(31-27)25-17-21-9-7-8-10-22(21)18-29-25;2*3-2(4,5)1(6)7/h7-10,17-20,24H,3-6,11-16H2,1-2H3,(H,30,31)(H,32,35);2*(H,6,7)/t24-;;/m0../s1. The molecule has 0 bridgehead atoms. The summed E-state index contributed by atoms with van der Waals surface area (Å²) in [6.45, 7) is 3.81. The van der Waals surface area contributed by atoms with Crippen LogP contribution in [0.2, 0.25) is 0 Å². The van der Waals surface area contributed by atoms with Crippen molar-refractivity contribution >= 4 is 34.4 Å². The number of likely N-dealkylation sites (tertiary alicyclic amines) is 1. The van der Waals surface area contributed by atoms with Crippen molar-refractivity contribution in [1.82, 2.24) is 25.2 Å². The molecule has 1 saturated heterocycles. The molecule has 270 valence electrons. The van der Waals surface area contributed by atoms with Crippen LogP contribution in [0.15, 0.2) is 42.7 Å². The molecule has 0 unspecified atom stereocenters. The predicted octanol–water partition coefficient (Wildman–Crippen LogP) is 6.32. The van der Waals surface area contributed by atoms with Gasteiger partial charge in [0.2, 0.25) is 5.91 Å². The number of carbonyl (C=O) groups excluding carboxylic acids is 2. The van der Waals surface area contributed by atoms with Gasteiger partial charge in [0.05, 0.1) is 23.6 Å². The van der Waals surface area contributed by atoms with Crippen LogP contribution in [0.4, 0.5) is 26.3 Å². The number of nitrogens with zero attached hydrogens (tertiary/aromatic N) is 3. The molecule has 1 aliphatic rings. The summed E-state index contributed by atoms with van der Waals surface area (Å²) in [5, 5.41) is 19.8. The van der Waals surface area contributed by atoms with Gasteiger partial charge >= 0.3 is 24.3 Å². The highest BCUT2D eigenvalue weighted by molar-refractivity contribution is 5.84. The molecule has 1 aliphatic heterocycles. The van der Waals surface area contributed by atoms with Gasteiger partial charge in [-0.05, 0) is 57.3 Å². The number of aliphatic carboxylic acids is 2. The van der Waals surface area contributed by atoms with Crippen molar-refractivity contribution in [2.24, 2.45) is 5.92 Å². The Morgan fingerprint density at radius 3 is 2.04 bits per heavy atom. The number of piperidine rings is 1. The molecule has 3 aromatic rings. The molecule has 11 nitrogen and oxygen atoms in total. The minimum atomic E-state index is -5.08. The Labute approximate surface area is 278 Å². The zero-order valence-corrected chi connectivity index (χ0v) is 26.9. The van der Waals surface area contributed by atoms with Crippen LogP contribution >= 0.6 is 0 Å². The SMILES string of the molecule is CCC(=O)CCCCC[C@H](NC(=O)C1CCN(C)CC1)c1ncc(-c2cc3ccccc3cn2)[nH]1.O=C(O)C(F)(F)F.O=C(O)C(F)(F)F. The molecular weight excluding hydrogens is 664 g/mol.